The predicted octanol–water partition coefficient (Wildman–Crippen LogP) is 14.6. The number of nitrogens with one attached hydrogen (secondary N) is 2. The average Bonchev–Trinajstić information content (AvgIpc) is 1.80. The molecule has 11 aromatic rings. The summed E-state index contributed by atoms with van der Waals surface area (Å²) in [4.78, 5) is 41.6. The minimum Gasteiger partial charge on any atom is -0.497 e. The Morgan fingerprint density at radius 1 is 0.216 bits per heavy atom. The van der Waals surface area contributed by atoms with Crippen LogP contribution in [0.2, 0.25) is 0 Å². The number of fused-ring (bicyclic) bond motifs is 8. The Kier molecular flexibility index (Phi) is 15.1. The van der Waals surface area contributed by atoms with E-state index >= 15 is 0 Å². The molecule has 434 valence electrons. The molecule has 13 rings (SSSR count). The third-order valence-corrected chi connectivity index (χ3v) is 15.5. The summed E-state index contributed by atoms with van der Waals surface area (Å²) in [5, 5.41) is 0. The van der Waals surface area contributed by atoms with Gasteiger partial charge in [0.15, 0.2) is 23.3 Å². The molecule has 0 spiro atoms. The molecule has 2 N–H and O–H groups in total. The zero-order valence-electron chi connectivity index (χ0n) is 49.4. The van der Waals surface area contributed by atoms with E-state index in [4.69, 9.17) is 67.8 Å². The fourth-order valence-corrected chi connectivity index (χ4v) is 11.3. The molecule has 0 radical (unpaired) electrons. The molecule has 0 fully saturated rings. The van der Waals surface area contributed by atoms with Gasteiger partial charge in [0.1, 0.15) is 68.6 Å². The van der Waals surface area contributed by atoms with E-state index in [9.17, 15) is 0 Å². The molecule has 0 saturated heterocycles. The van der Waals surface area contributed by atoms with E-state index in [0.29, 0.717) is 136 Å². The molecule has 8 bridgehead atoms. The van der Waals surface area contributed by atoms with E-state index in [1.165, 1.54) is 0 Å². The summed E-state index contributed by atoms with van der Waals surface area (Å²) in [6.45, 7) is 0. The van der Waals surface area contributed by atoms with Gasteiger partial charge >= 0.3 is 0 Å². The highest BCUT2D eigenvalue weighted by Crippen LogP contribution is 2.47. The van der Waals surface area contributed by atoms with Crippen molar-refractivity contribution in [3.8, 4) is 90.5 Å². The van der Waals surface area contributed by atoms with Crippen molar-refractivity contribution < 1.29 is 37.9 Å². The van der Waals surface area contributed by atoms with Crippen LogP contribution >= 0.6 is 0 Å². The Balaban J connectivity index is 1.32. The second-order valence-electron chi connectivity index (χ2n) is 20.5. The molecule has 2 aliphatic rings. The molecule has 16 nitrogen and oxygen atoms in total. The van der Waals surface area contributed by atoms with Crippen LogP contribution in [-0.4, -0.2) is 96.8 Å². The first-order chi connectivity index (χ1) is 43.2. The van der Waals surface area contributed by atoms with Crippen LogP contribution in [0.4, 0.5) is 0 Å². The summed E-state index contributed by atoms with van der Waals surface area (Å²) in [7, 11) is 13.2. The number of aromatic nitrogens is 8. The Labute approximate surface area is 507 Å². The second-order valence-corrected chi connectivity index (χ2v) is 20.5. The van der Waals surface area contributed by atoms with Gasteiger partial charge in [0.2, 0.25) is 0 Å². The van der Waals surface area contributed by atoms with Crippen LogP contribution in [0.5, 0.6) is 46.0 Å². The van der Waals surface area contributed by atoms with Crippen LogP contribution in [0, 0.1) is 0 Å². The lowest BCUT2D eigenvalue weighted by Gasteiger charge is -2.11. The lowest BCUT2D eigenvalue weighted by molar-refractivity contribution is 0.414. The molecule has 0 atom stereocenters. The highest BCUT2D eigenvalue weighted by Gasteiger charge is 2.32. The summed E-state index contributed by atoms with van der Waals surface area (Å²) in [5.41, 5.74) is 13.1. The number of methoxy groups -OCH3 is 8. The van der Waals surface area contributed by atoms with Crippen LogP contribution in [0.15, 0.2) is 194 Å². The van der Waals surface area contributed by atoms with Crippen molar-refractivity contribution in [1.29, 1.82) is 0 Å². The van der Waals surface area contributed by atoms with Crippen LogP contribution in [0.3, 0.4) is 0 Å². The Hall–Kier alpha value is -11.5. The van der Waals surface area contributed by atoms with Gasteiger partial charge in [0.25, 0.3) is 0 Å². The lowest BCUT2D eigenvalue weighted by atomic mass is 9.94. The third-order valence-electron chi connectivity index (χ3n) is 15.5. The summed E-state index contributed by atoms with van der Waals surface area (Å²) in [6.07, 6.45) is 0. The zero-order valence-corrected chi connectivity index (χ0v) is 49.4. The maximum atomic E-state index is 5.94. The number of benzene rings is 8. The Morgan fingerprint density at radius 2 is 0.386 bits per heavy atom. The first kappa shape index (κ1) is 55.7. The number of hydrogen-bond acceptors (Lipinski definition) is 14. The molecule has 0 unspecified atom stereocenters. The second kappa shape index (κ2) is 23.9. The van der Waals surface area contributed by atoms with Crippen molar-refractivity contribution in [1.82, 2.24) is 39.9 Å². The predicted molar refractivity (Wildman–Crippen MR) is 342 cm³/mol. The average molecular weight is 1160 g/mol. The van der Waals surface area contributed by atoms with Crippen molar-refractivity contribution in [2.24, 2.45) is 0 Å². The van der Waals surface area contributed by atoms with E-state index in [0.717, 1.165) is 44.5 Å². The van der Waals surface area contributed by atoms with Gasteiger partial charge in [-0.25, -0.2) is 29.9 Å². The van der Waals surface area contributed by atoms with Crippen LogP contribution < -0.4 is 37.9 Å². The van der Waals surface area contributed by atoms with E-state index in [1.54, 1.807) is 56.9 Å². The minimum atomic E-state index is 0.324. The van der Waals surface area contributed by atoms with E-state index in [1.807, 2.05) is 194 Å². The van der Waals surface area contributed by atoms with Gasteiger partial charge in [-0.1, -0.05) is 97.1 Å². The van der Waals surface area contributed by atoms with Gasteiger partial charge in [-0.3, -0.25) is 0 Å². The highest BCUT2D eigenvalue weighted by molar-refractivity contribution is 6.09. The highest BCUT2D eigenvalue weighted by atomic mass is 16.5. The van der Waals surface area contributed by atoms with Crippen molar-refractivity contribution in [2.75, 3.05) is 56.9 Å². The fourth-order valence-electron chi connectivity index (χ4n) is 11.3. The number of ether oxygens (including phenoxy) is 8. The van der Waals surface area contributed by atoms with Crippen molar-refractivity contribution in [3.05, 3.63) is 240 Å². The van der Waals surface area contributed by atoms with Gasteiger partial charge < -0.3 is 47.9 Å². The van der Waals surface area contributed by atoms with E-state index < -0.39 is 0 Å². The number of H-pyrrole nitrogens is 2. The third kappa shape index (κ3) is 10.4. The van der Waals surface area contributed by atoms with Gasteiger partial charge in [0.05, 0.1) is 56.9 Å². The number of hydrogen-bond donors (Lipinski definition) is 2. The molecule has 2 aliphatic heterocycles. The van der Waals surface area contributed by atoms with Crippen LogP contribution in [0.1, 0.15) is 45.6 Å². The lowest BCUT2D eigenvalue weighted by Crippen LogP contribution is -1.96. The Bertz CT molecular complexity index is 4190. The first-order valence-corrected chi connectivity index (χ1v) is 28.2. The Morgan fingerprint density at radius 3 is 0.568 bits per heavy atom. The van der Waals surface area contributed by atoms with E-state index in [2.05, 4.69) is 9.97 Å². The molecule has 8 aromatic carbocycles. The summed E-state index contributed by atoms with van der Waals surface area (Å²) >= 11 is 0. The molecule has 0 aliphatic carbocycles. The summed E-state index contributed by atoms with van der Waals surface area (Å²) < 4.78 is 47.5. The quantitative estimate of drug-likeness (QED) is 0.0932. The largest absolute Gasteiger partial charge is 0.497 e. The van der Waals surface area contributed by atoms with Crippen molar-refractivity contribution in [3.63, 3.8) is 0 Å². The van der Waals surface area contributed by atoms with Gasteiger partial charge in [-0.05, 0) is 142 Å². The molecule has 3 aromatic heterocycles. The maximum absolute atomic E-state index is 5.94. The molecular formula is C72H58N8O8. The van der Waals surface area contributed by atoms with Crippen LogP contribution in [0.25, 0.3) is 89.4 Å². The number of aromatic amines is 2. The SMILES string of the molecule is COc1cccc(C2=C(c3cccc(OC)c3)c3nc2nc2[nH]c(nc4nc(nc5[nH]c(n3)c(-c3cccc(OC)c3)c5-c3cccc(OC)c3)C(c3cccc(OC)c3)=C4c3cccc(OC)c3)c(-c3cccc(OC)c3)c2-c2cccc(OC)c2)c1. The van der Waals surface area contributed by atoms with Gasteiger partial charge in [-0.2, -0.15) is 0 Å². The molecule has 0 saturated carbocycles. The van der Waals surface area contributed by atoms with E-state index in [-0.39, 0.29) is 0 Å². The van der Waals surface area contributed by atoms with Crippen molar-refractivity contribution >= 4 is 44.9 Å². The maximum Gasteiger partial charge on any atom is 0.165 e. The summed E-state index contributed by atoms with van der Waals surface area (Å²) in [5.74, 6) is 6.29. The minimum absolute atomic E-state index is 0.324. The first-order valence-electron chi connectivity index (χ1n) is 28.2. The topological polar surface area (TPSA) is 183 Å². The zero-order chi connectivity index (χ0) is 60.4. The monoisotopic (exact) mass is 1160 g/mol. The molecular weight excluding hydrogens is 1100 g/mol. The summed E-state index contributed by atoms with van der Waals surface area (Å²) in [6, 6.07) is 62.8. The normalized spacial score (nSPS) is 12.0. The van der Waals surface area contributed by atoms with Crippen LogP contribution in [-0.2, 0) is 0 Å². The fraction of sp³-hybridized carbons (Fsp3) is 0.111. The molecule has 5 heterocycles. The smallest absolute Gasteiger partial charge is 0.165 e. The van der Waals surface area contributed by atoms with Crippen molar-refractivity contribution in [2.45, 2.75) is 0 Å². The molecule has 16 heteroatoms. The molecule has 88 heavy (non-hydrogen) atoms. The number of nitrogens with zero attached hydrogens (tertiary/aromatic N) is 6. The number of rotatable bonds is 16. The standard InChI is InChI=1S/C72H58N8O8/c1-81-49-25-9-17-41(33-49)57-58(42-18-10-26-50(34-42)82-2)66-73-65(57)77-67-59(43-19-11-27-51(35-43)83-3)60(44-20-12-28-52(36-44)84-4)69(74-67)79-71-63(47-23-15-31-55(39-47)87-7)64(48-24-16-32-56(40-48)88-8)72(76-71)80-70-62(46-22-14-30-54(38-46)86-6)61(68(75-70)78-66)45-21-13-29-53(37-45)85-5/h9-40H,1-8H3,(H2,73,74,75,76,77,78,79,80). The van der Waals surface area contributed by atoms with Gasteiger partial charge in [0, 0.05) is 44.5 Å². The van der Waals surface area contributed by atoms with Gasteiger partial charge in [-0.15, -0.1) is 0 Å². The molecule has 0 amide bonds.